The van der Waals surface area contributed by atoms with Crippen molar-refractivity contribution in [1.29, 1.82) is 0 Å². The number of aliphatic hydroxyl groups excluding tert-OH is 2. The summed E-state index contributed by atoms with van der Waals surface area (Å²) in [4.78, 5) is 0. The lowest BCUT2D eigenvalue weighted by atomic mass is 10.1. The van der Waals surface area contributed by atoms with E-state index in [4.69, 9.17) is 9.84 Å². The van der Waals surface area contributed by atoms with Crippen LogP contribution in [0.25, 0.3) is 0 Å². The number of hydrogen-bond donors (Lipinski definition) is 3. The minimum Gasteiger partial charge on any atom is -0.490 e. The van der Waals surface area contributed by atoms with E-state index in [9.17, 15) is 5.11 Å². The molecule has 108 valence electrons. The topological polar surface area (TPSA) is 61.7 Å². The summed E-state index contributed by atoms with van der Waals surface area (Å²) in [5, 5.41) is 21.5. The minimum atomic E-state index is -0.832. The lowest BCUT2D eigenvalue weighted by Crippen LogP contribution is -2.23. The van der Waals surface area contributed by atoms with Gasteiger partial charge in [0.25, 0.3) is 0 Å². The average molecular weight is 267 g/mol. The van der Waals surface area contributed by atoms with Gasteiger partial charge in [-0.25, -0.2) is 0 Å². The van der Waals surface area contributed by atoms with E-state index in [1.165, 1.54) is 5.56 Å². The zero-order valence-electron chi connectivity index (χ0n) is 12.2. The van der Waals surface area contributed by atoms with Crippen molar-refractivity contribution in [2.24, 2.45) is 0 Å². The molecule has 1 aromatic rings. The molecule has 1 unspecified atom stereocenters. The van der Waals surface area contributed by atoms with Crippen molar-refractivity contribution < 1.29 is 14.9 Å². The fourth-order valence-corrected chi connectivity index (χ4v) is 1.92. The fraction of sp³-hybridized carbons (Fsp3) is 0.600. The second kappa shape index (κ2) is 7.48. The van der Waals surface area contributed by atoms with Crippen LogP contribution in [-0.2, 0) is 6.54 Å². The van der Waals surface area contributed by atoms with E-state index in [0.717, 1.165) is 23.4 Å². The summed E-state index contributed by atoms with van der Waals surface area (Å²) >= 11 is 0. The Morgan fingerprint density at radius 2 is 1.79 bits per heavy atom. The van der Waals surface area contributed by atoms with Crippen molar-refractivity contribution >= 4 is 0 Å². The van der Waals surface area contributed by atoms with Crippen LogP contribution in [0, 0.1) is 13.8 Å². The number of benzene rings is 1. The molecule has 19 heavy (non-hydrogen) atoms. The molecule has 0 spiro atoms. The predicted octanol–water partition coefficient (Wildman–Crippen LogP) is 1.53. The zero-order chi connectivity index (χ0) is 14.4. The summed E-state index contributed by atoms with van der Waals surface area (Å²) in [5.74, 6) is 0.792. The first kappa shape index (κ1) is 16.0. The maximum absolute atomic E-state index is 9.32. The molecule has 0 saturated heterocycles. The summed E-state index contributed by atoms with van der Waals surface area (Å²) in [6.07, 6.45) is -0.832. The molecule has 4 nitrogen and oxygen atoms in total. The molecule has 3 N–H and O–H groups in total. The first-order chi connectivity index (χ1) is 8.93. The quantitative estimate of drug-likeness (QED) is 0.701. The number of aliphatic hydroxyl groups is 2. The van der Waals surface area contributed by atoms with Crippen LogP contribution >= 0.6 is 0 Å². The number of aryl methyl sites for hydroxylation is 2. The number of rotatable bonds is 7. The van der Waals surface area contributed by atoms with Crippen molar-refractivity contribution in [2.75, 3.05) is 13.2 Å². The van der Waals surface area contributed by atoms with Gasteiger partial charge in [0, 0.05) is 12.6 Å². The molecule has 0 fully saturated rings. The van der Waals surface area contributed by atoms with Crippen LogP contribution in [0.4, 0.5) is 0 Å². The summed E-state index contributed by atoms with van der Waals surface area (Å²) in [5.41, 5.74) is 3.31. The van der Waals surface area contributed by atoms with Gasteiger partial charge >= 0.3 is 0 Å². The average Bonchev–Trinajstić information content (AvgIpc) is 2.34. The van der Waals surface area contributed by atoms with Gasteiger partial charge in [-0.15, -0.1) is 0 Å². The molecule has 1 atom stereocenters. The van der Waals surface area contributed by atoms with Crippen LogP contribution in [0.3, 0.4) is 0 Å². The Morgan fingerprint density at radius 1 is 1.21 bits per heavy atom. The molecule has 0 saturated carbocycles. The molecule has 0 aliphatic carbocycles. The standard InChI is InChI=1S/C15H25NO3/c1-10(2)16-7-13-5-11(3)15(12(4)6-13)19-9-14(18)8-17/h5-6,10,14,16-18H,7-9H2,1-4H3. The third kappa shape index (κ3) is 5.19. The Bertz CT molecular complexity index is 381. The monoisotopic (exact) mass is 267 g/mol. The van der Waals surface area contributed by atoms with Gasteiger partial charge in [-0.3, -0.25) is 0 Å². The highest BCUT2D eigenvalue weighted by Crippen LogP contribution is 2.25. The number of nitrogens with one attached hydrogen (secondary N) is 1. The lowest BCUT2D eigenvalue weighted by Gasteiger charge is -2.16. The second-order valence-corrected chi connectivity index (χ2v) is 5.24. The fourth-order valence-electron chi connectivity index (χ4n) is 1.92. The molecule has 4 heteroatoms. The lowest BCUT2D eigenvalue weighted by molar-refractivity contribution is 0.0531. The van der Waals surface area contributed by atoms with E-state index in [0.29, 0.717) is 6.04 Å². The zero-order valence-corrected chi connectivity index (χ0v) is 12.2. The third-order valence-electron chi connectivity index (χ3n) is 2.87. The summed E-state index contributed by atoms with van der Waals surface area (Å²) in [7, 11) is 0. The van der Waals surface area contributed by atoms with Crippen LogP contribution in [0.15, 0.2) is 12.1 Å². The Balaban J connectivity index is 2.73. The Kier molecular flexibility index (Phi) is 6.28. The minimum absolute atomic E-state index is 0.113. The highest BCUT2D eigenvalue weighted by molar-refractivity contribution is 5.43. The van der Waals surface area contributed by atoms with E-state index >= 15 is 0 Å². The van der Waals surface area contributed by atoms with Crippen molar-refractivity contribution in [2.45, 2.75) is 46.4 Å². The maximum Gasteiger partial charge on any atom is 0.125 e. The Morgan fingerprint density at radius 3 is 2.26 bits per heavy atom. The van der Waals surface area contributed by atoms with Crippen molar-refractivity contribution in [3.05, 3.63) is 28.8 Å². The second-order valence-electron chi connectivity index (χ2n) is 5.24. The molecule has 0 aromatic heterocycles. The molecule has 0 aliphatic rings. The van der Waals surface area contributed by atoms with E-state index in [1.807, 2.05) is 13.8 Å². The van der Waals surface area contributed by atoms with Crippen LogP contribution in [-0.4, -0.2) is 35.6 Å². The van der Waals surface area contributed by atoms with Gasteiger partial charge < -0.3 is 20.3 Å². The van der Waals surface area contributed by atoms with Crippen molar-refractivity contribution in [3.63, 3.8) is 0 Å². The Hall–Kier alpha value is -1.10. The van der Waals surface area contributed by atoms with Crippen LogP contribution in [0.1, 0.15) is 30.5 Å². The van der Waals surface area contributed by atoms with Gasteiger partial charge in [-0.1, -0.05) is 26.0 Å². The highest BCUT2D eigenvalue weighted by Gasteiger charge is 2.09. The van der Waals surface area contributed by atoms with E-state index in [-0.39, 0.29) is 13.2 Å². The van der Waals surface area contributed by atoms with Crippen LogP contribution in [0.2, 0.25) is 0 Å². The Labute approximate surface area is 115 Å². The first-order valence-electron chi connectivity index (χ1n) is 6.69. The SMILES string of the molecule is Cc1cc(CNC(C)C)cc(C)c1OCC(O)CO. The predicted molar refractivity (Wildman–Crippen MR) is 76.5 cm³/mol. The van der Waals surface area contributed by atoms with Gasteiger partial charge in [-0.2, -0.15) is 0 Å². The van der Waals surface area contributed by atoms with Crippen molar-refractivity contribution in [3.8, 4) is 5.75 Å². The van der Waals surface area contributed by atoms with Gasteiger partial charge in [-0.05, 0) is 30.5 Å². The molecule has 1 aromatic carbocycles. The summed E-state index contributed by atoms with van der Waals surface area (Å²) in [6.45, 7) is 8.88. The van der Waals surface area contributed by atoms with Gasteiger partial charge in [0.2, 0.25) is 0 Å². The van der Waals surface area contributed by atoms with E-state index in [1.54, 1.807) is 0 Å². The first-order valence-corrected chi connectivity index (χ1v) is 6.69. The third-order valence-corrected chi connectivity index (χ3v) is 2.87. The molecule has 0 heterocycles. The van der Waals surface area contributed by atoms with E-state index in [2.05, 4.69) is 31.3 Å². The van der Waals surface area contributed by atoms with Crippen LogP contribution in [0.5, 0.6) is 5.75 Å². The normalized spacial score (nSPS) is 12.8. The number of hydrogen-bond acceptors (Lipinski definition) is 4. The molecule has 1 rings (SSSR count). The molecular formula is C15H25NO3. The molecule has 0 aliphatic heterocycles. The highest BCUT2D eigenvalue weighted by atomic mass is 16.5. The molecular weight excluding hydrogens is 242 g/mol. The van der Waals surface area contributed by atoms with Crippen LogP contribution < -0.4 is 10.1 Å². The summed E-state index contributed by atoms with van der Waals surface area (Å²) < 4.78 is 5.57. The smallest absolute Gasteiger partial charge is 0.125 e. The summed E-state index contributed by atoms with van der Waals surface area (Å²) in [6, 6.07) is 4.63. The van der Waals surface area contributed by atoms with Gasteiger partial charge in [0.05, 0.1) is 6.61 Å². The number of ether oxygens (including phenoxy) is 1. The van der Waals surface area contributed by atoms with Gasteiger partial charge in [0.15, 0.2) is 0 Å². The largest absolute Gasteiger partial charge is 0.490 e. The molecule has 0 amide bonds. The van der Waals surface area contributed by atoms with E-state index < -0.39 is 6.10 Å². The molecule has 0 bridgehead atoms. The van der Waals surface area contributed by atoms with Gasteiger partial charge in [0.1, 0.15) is 18.5 Å². The maximum atomic E-state index is 9.32. The molecule has 0 radical (unpaired) electrons. The van der Waals surface area contributed by atoms with Crippen molar-refractivity contribution in [1.82, 2.24) is 5.32 Å².